The van der Waals surface area contributed by atoms with Crippen LogP contribution in [0.25, 0.3) is 11.3 Å². The number of nitrogens with one attached hydrogen (secondary N) is 1. The number of nitrogens with zero attached hydrogens (tertiary/aromatic N) is 1. The van der Waals surface area contributed by atoms with Crippen molar-refractivity contribution >= 4 is 18.2 Å². The summed E-state index contributed by atoms with van der Waals surface area (Å²) in [6.45, 7) is 1.58. The van der Waals surface area contributed by atoms with Gasteiger partial charge in [-0.1, -0.05) is 6.07 Å². The Bertz CT molecular complexity index is 721. The van der Waals surface area contributed by atoms with Gasteiger partial charge in [-0.25, -0.2) is 4.39 Å². The summed E-state index contributed by atoms with van der Waals surface area (Å²) < 4.78 is 19.9. The molecule has 1 aromatic heterocycles. The van der Waals surface area contributed by atoms with Gasteiger partial charge in [0.1, 0.15) is 17.7 Å². The Hall–Kier alpha value is -2.02. The summed E-state index contributed by atoms with van der Waals surface area (Å²) in [6, 6.07) is 8.03. The van der Waals surface area contributed by atoms with Crippen LogP contribution in [0.1, 0.15) is 23.2 Å². The average molecular weight is 367 g/mol. The van der Waals surface area contributed by atoms with Crippen LogP contribution >= 0.6 is 12.4 Å². The monoisotopic (exact) mass is 366 g/mol. The second-order valence-corrected chi connectivity index (χ2v) is 5.72. The highest BCUT2D eigenvalue weighted by molar-refractivity contribution is 5.96. The van der Waals surface area contributed by atoms with E-state index in [2.05, 4.69) is 10.3 Å². The number of hydrogen-bond donors (Lipinski definition) is 2. The summed E-state index contributed by atoms with van der Waals surface area (Å²) in [5.41, 5.74) is 1.26. The lowest BCUT2D eigenvalue weighted by Gasteiger charge is -2.27. The number of ketones is 1. The Balaban J connectivity index is 0.00000225. The molecule has 0 aliphatic carbocycles. The average Bonchev–Trinajstić information content (AvgIpc) is 2.56. The van der Waals surface area contributed by atoms with E-state index in [9.17, 15) is 9.18 Å². The third kappa shape index (κ3) is 4.75. The second-order valence-electron chi connectivity index (χ2n) is 5.72. The van der Waals surface area contributed by atoms with Gasteiger partial charge in [-0.2, -0.15) is 0 Å². The number of pyridine rings is 1. The Labute approximate surface area is 151 Å². The minimum Gasteiger partial charge on any atom is -0.486 e. The van der Waals surface area contributed by atoms with Crippen LogP contribution in [0.3, 0.4) is 0 Å². The normalized spacial score (nSPS) is 13.7. The van der Waals surface area contributed by atoms with Gasteiger partial charge >= 0.3 is 0 Å². The molecule has 2 heterocycles. The van der Waals surface area contributed by atoms with Gasteiger partial charge in [-0.15, -0.1) is 12.4 Å². The molecule has 0 radical (unpaired) electrons. The summed E-state index contributed by atoms with van der Waals surface area (Å²) in [5.74, 6) is -0.196. The molecule has 0 atom stereocenters. The van der Waals surface area contributed by atoms with Crippen molar-refractivity contribution in [1.29, 1.82) is 0 Å². The van der Waals surface area contributed by atoms with Gasteiger partial charge in [0.2, 0.25) is 0 Å². The molecular formula is C18H20ClFN2O3. The lowest BCUT2D eigenvalue weighted by Crippen LogP contribution is -2.50. The first-order chi connectivity index (χ1) is 11.7. The number of halogens is 2. The van der Waals surface area contributed by atoms with Crippen LogP contribution in [0.2, 0.25) is 0 Å². The molecule has 7 heteroatoms. The van der Waals surface area contributed by atoms with E-state index >= 15 is 0 Å². The molecule has 2 aromatic rings. The minimum atomic E-state index is -0.571. The van der Waals surface area contributed by atoms with Crippen LogP contribution in [0, 0.1) is 5.82 Å². The highest BCUT2D eigenvalue weighted by Crippen LogP contribution is 2.23. The van der Waals surface area contributed by atoms with Crippen LogP contribution in [0.15, 0.2) is 36.5 Å². The highest BCUT2D eigenvalue weighted by atomic mass is 35.5. The minimum absolute atomic E-state index is 0. The first-order valence-electron chi connectivity index (χ1n) is 7.95. The fourth-order valence-electron chi connectivity index (χ4n) is 2.43. The van der Waals surface area contributed by atoms with Crippen LogP contribution in [-0.2, 0) is 0 Å². The third-order valence-corrected chi connectivity index (χ3v) is 3.91. The standard InChI is InChI=1S/C18H19FN2O3.ClH/c19-16-8-12(3-5-15(16)18(23)2-1-7-22)17-6-4-13(11-21-17)24-14-9-20-10-14;/h3-6,8,11,14,20,22H,1-2,7,9-10H2;1H. The van der Waals surface area contributed by atoms with E-state index in [1.165, 1.54) is 12.1 Å². The maximum absolute atomic E-state index is 14.2. The molecule has 0 unspecified atom stereocenters. The number of ether oxygens (including phenoxy) is 1. The molecule has 1 aliphatic rings. The predicted molar refractivity (Wildman–Crippen MR) is 94.8 cm³/mol. The number of aliphatic hydroxyl groups excluding tert-OH is 1. The Morgan fingerprint density at radius 2 is 2.12 bits per heavy atom. The number of rotatable bonds is 7. The van der Waals surface area contributed by atoms with Gasteiger partial charge < -0.3 is 15.2 Å². The largest absolute Gasteiger partial charge is 0.486 e. The van der Waals surface area contributed by atoms with Crippen molar-refractivity contribution in [2.24, 2.45) is 0 Å². The third-order valence-electron chi connectivity index (χ3n) is 3.91. The molecule has 25 heavy (non-hydrogen) atoms. The topological polar surface area (TPSA) is 71.5 Å². The number of carbonyl (C=O) groups excluding carboxylic acids is 1. The highest BCUT2D eigenvalue weighted by Gasteiger charge is 2.18. The molecule has 1 fully saturated rings. The zero-order chi connectivity index (χ0) is 16.9. The summed E-state index contributed by atoms with van der Waals surface area (Å²) in [4.78, 5) is 16.2. The lowest BCUT2D eigenvalue weighted by atomic mass is 10.0. The van der Waals surface area contributed by atoms with E-state index in [1.807, 2.05) is 0 Å². The van der Waals surface area contributed by atoms with Crippen molar-refractivity contribution in [3.8, 4) is 17.0 Å². The molecule has 1 aliphatic heterocycles. The molecule has 0 saturated carbocycles. The maximum Gasteiger partial charge on any atom is 0.165 e. The summed E-state index contributed by atoms with van der Waals surface area (Å²) in [6.07, 6.45) is 2.26. The fraction of sp³-hybridized carbons (Fsp3) is 0.333. The van der Waals surface area contributed by atoms with E-state index in [1.54, 1.807) is 24.4 Å². The second kappa shape index (κ2) is 8.89. The Morgan fingerprint density at radius 3 is 2.68 bits per heavy atom. The quantitative estimate of drug-likeness (QED) is 0.737. The Kier molecular flexibility index (Phi) is 6.87. The smallest absolute Gasteiger partial charge is 0.165 e. The van der Waals surface area contributed by atoms with Crippen molar-refractivity contribution < 1.29 is 19.0 Å². The van der Waals surface area contributed by atoms with Crippen molar-refractivity contribution in [1.82, 2.24) is 10.3 Å². The van der Waals surface area contributed by atoms with Crippen molar-refractivity contribution in [3.63, 3.8) is 0 Å². The van der Waals surface area contributed by atoms with Gasteiger partial charge in [0.05, 0.1) is 17.5 Å². The fourth-order valence-corrected chi connectivity index (χ4v) is 2.43. The molecular weight excluding hydrogens is 347 g/mol. The van der Waals surface area contributed by atoms with Gasteiger partial charge in [0, 0.05) is 31.7 Å². The van der Waals surface area contributed by atoms with E-state index in [-0.39, 0.29) is 42.9 Å². The number of benzene rings is 1. The lowest BCUT2D eigenvalue weighted by molar-refractivity contribution is 0.0967. The van der Waals surface area contributed by atoms with E-state index < -0.39 is 5.82 Å². The van der Waals surface area contributed by atoms with Crippen LogP contribution in [0.4, 0.5) is 4.39 Å². The number of carbonyl (C=O) groups is 1. The zero-order valence-electron chi connectivity index (χ0n) is 13.6. The molecule has 1 saturated heterocycles. The molecule has 0 bridgehead atoms. The molecule has 2 N–H and O–H groups in total. The first-order valence-corrected chi connectivity index (χ1v) is 7.95. The predicted octanol–water partition coefficient (Wildman–Crippen LogP) is 2.62. The molecule has 5 nitrogen and oxygen atoms in total. The maximum atomic E-state index is 14.2. The molecule has 1 aromatic carbocycles. The summed E-state index contributed by atoms with van der Waals surface area (Å²) >= 11 is 0. The molecule has 134 valence electrons. The van der Waals surface area contributed by atoms with E-state index in [0.29, 0.717) is 23.4 Å². The Morgan fingerprint density at radius 1 is 1.32 bits per heavy atom. The summed E-state index contributed by atoms with van der Waals surface area (Å²) in [7, 11) is 0. The summed E-state index contributed by atoms with van der Waals surface area (Å²) in [5, 5.41) is 11.9. The van der Waals surface area contributed by atoms with Crippen LogP contribution in [0.5, 0.6) is 5.75 Å². The molecule has 3 rings (SSSR count). The van der Waals surface area contributed by atoms with Crippen LogP contribution < -0.4 is 10.1 Å². The van der Waals surface area contributed by atoms with E-state index in [0.717, 1.165) is 13.1 Å². The number of Topliss-reactive ketones (excluding diaryl/α,β-unsaturated/α-hetero) is 1. The SMILES string of the molecule is Cl.O=C(CCCO)c1ccc(-c2ccc(OC3CNC3)cn2)cc1F. The number of aliphatic hydroxyl groups is 1. The number of aromatic nitrogens is 1. The first kappa shape index (κ1) is 19.3. The van der Waals surface area contributed by atoms with Crippen LogP contribution in [-0.4, -0.2) is 41.7 Å². The van der Waals surface area contributed by atoms with Gasteiger partial charge in [0.25, 0.3) is 0 Å². The van der Waals surface area contributed by atoms with E-state index in [4.69, 9.17) is 9.84 Å². The van der Waals surface area contributed by atoms with Gasteiger partial charge in [-0.3, -0.25) is 9.78 Å². The van der Waals surface area contributed by atoms with Crippen molar-refractivity contribution in [2.75, 3.05) is 19.7 Å². The van der Waals surface area contributed by atoms with Gasteiger partial charge in [0.15, 0.2) is 5.78 Å². The van der Waals surface area contributed by atoms with Crippen molar-refractivity contribution in [2.45, 2.75) is 18.9 Å². The van der Waals surface area contributed by atoms with Gasteiger partial charge in [-0.05, 0) is 30.7 Å². The molecule has 0 spiro atoms. The van der Waals surface area contributed by atoms with Crippen molar-refractivity contribution in [3.05, 3.63) is 47.9 Å². The number of hydrogen-bond acceptors (Lipinski definition) is 5. The molecule has 0 amide bonds. The zero-order valence-corrected chi connectivity index (χ0v) is 14.4.